The van der Waals surface area contributed by atoms with Gasteiger partial charge in [0.2, 0.25) is 0 Å². The highest BCUT2D eigenvalue weighted by atomic mass is 14.2. The topological polar surface area (TPSA) is 0 Å². The quantitative estimate of drug-likeness (QED) is 0.276. The van der Waals surface area contributed by atoms with Crippen molar-refractivity contribution >= 4 is 0 Å². The van der Waals surface area contributed by atoms with E-state index in [4.69, 9.17) is 0 Å². The summed E-state index contributed by atoms with van der Waals surface area (Å²) in [7, 11) is 0. The van der Waals surface area contributed by atoms with E-state index < -0.39 is 0 Å². The van der Waals surface area contributed by atoms with Gasteiger partial charge in [0, 0.05) is 0 Å². The Kier molecular flexibility index (Phi) is 13.6. The van der Waals surface area contributed by atoms with Gasteiger partial charge in [-0.1, -0.05) is 68.7 Å². The Labute approximate surface area is 159 Å². The maximum absolute atomic E-state index is 4.45. The van der Waals surface area contributed by atoms with Gasteiger partial charge in [0.25, 0.3) is 0 Å². The lowest BCUT2D eigenvalue weighted by molar-refractivity contribution is 0.469. The monoisotopic (exact) mass is 344 g/mol. The van der Waals surface area contributed by atoms with E-state index in [0.29, 0.717) is 11.8 Å². The molecule has 0 heterocycles. The van der Waals surface area contributed by atoms with E-state index in [1.807, 2.05) is 0 Å². The molecule has 2 atom stereocenters. The zero-order valence-electron chi connectivity index (χ0n) is 18.0. The Morgan fingerprint density at radius 1 is 0.920 bits per heavy atom. The number of hydrogen-bond acceptors (Lipinski definition) is 0. The summed E-state index contributed by atoms with van der Waals surface area (Å²) < 4.78 is 0. The average Bonchev–Trinajstić information content (AvgIpc) is 2.53. The molecule has 0 aliphatic carbocycles. The molecule has 0 fully saturated rings. The fourth-order valence-corrected chi connectivity index (χ4v) is 3.05. The molecule has 0 aliphatic heterocycles. The molecule has 0 nitrogen and oxygen atoms in total. The summed E-state index contributed by atoms with van der Waals surface area (Å²) in [5.74, 6) is 2.03. The van der Waals surface area contributed by atoms with Gasteiger partial charge in [0.05, 0.1) is 0 Å². The fraction of sp³-hybridized carbons (Fsp3) is 0.680. The molecule has 25 heavy (non-hydrogen) atoms. The van der Waals surface area contributed by atoms with Crippen LogP contribution in [0.5, 0.6) is 0 Å². The maximum Gasteiger partial charge on any atom is -0.0171 e. The van der Waals surface area contributed by atoms with Crippen LogP contribution < -0.4 is 0 Å². The summed E-state index contributed by atoms with van der Waals surface area (Å²) in [5, 5.41) is 0. The standard InChI is InChI=1S/C25H44/c1-9-22(6)16-18-25(24(8)15-11-13-21(4)5)19-17-23(7)14-10-12-20(2)3/h9,12,17,21-22,25H,1,8,10-11,13-16,18-19H2,2-7H3/b23-17+/t22-,25-/m1/s1. The van der Waals surface area contributed by atoms with Crippen LogP contribution in [0.25, 0.3) is 0 Å². The minimum atomic E-state index is 0.605. The van der Waals surface area contributed by atoms with Crippen LogP contribution in [-0.4, -0.2) is 0 Å². The van der Waals surface area contributed by atoms with Gasteiger partial charge in [-0.05, 0) is 83.5 Å². The first-order chi connectivity index (χ1) is 11.8. The third-order valence-electron chi connectivity index (χ3n) is 5.07. The van der Waals surface area contributed by atoms with Crippen molar-refractivity contribution in [2.75, 3.05) is 0 Å². The molecule has 0 saturated heterocycles. The van der Waals surface area contributed by atoms with Crippen molar-refractivity contribution in [1.29, 1.82) is 0 Å². The van der Waals surface area contributed by atoms with E-state index in [2.05, 4.69) is 72.9 Å². The highest BCUT2D eigenvalue weighted by molar-refractivity contribution is 5.08. The van der Waals surface area contributed by atoms with Gasteiger partial charge >= 0.3 is 0 Å². The minimum absolute atomic E-state index is 0.605. The van der Waals surface area contributed by atoms with Gasteiger partial charge in [-0.3, -0.25) is 0 Å². The Hall–Kier alpha value is -1.04. The molecule has 0 aliphatic rings. The summed E-state index contributed by atoms with van der Waals surface area (Å²) in [6.45, 7) is 21.9. The molecule has 0 rings (SSSR count). The van der Waals surface area contributed by atoms with Crippen molar-refractivity contribution in [1.82, 2.24) is 0 Å². The maximum atomic E-state index is 4.45. The van der Waals surface area contributed by atoms with Crippen LogP contribution in [0.1, 0.15) is 92.9 Å². The van der Waals surface area contributed by atoms with E-state index in [1.54, 1.807) is 0 Å². The normalized spacial score (nSPS) is 14.3. The smallest absolute Gasteiger partial charge is 0.0171 e. The largest absolute Gasteiger partial charge is 0.103 e. The molecule has 0 bridgehead atoms. The molecule has 0 N–H and O–H groups in total. The summed E-state index contributed by atoms with van der Waals surface area (Å²) in [4.78, 5) is 0. The molecule has 0 aromatic carbocycles. The third-order valence-corrected chi connectivity index (χ3v) is 5.07. The molecule has 0 aromatic heterocycles. The minimum Gasteiger partial charge on any atom is -0.103 e. The van der Waals surface area contributed by atoms with Crippen molar-refractivity contribution in [3.8, 4) is 0 Å². The fourth-order valence-electron chi connectivity index (χ4n) is 3.05. The molecular formula is C25H44. The second-order valence-corrected chi connectivity index (χ2v) is 8.54. The van der Waals surface area contributed by atoms with Crippen LogP contribution in [0.4, 0.5) is 0 Å². The van der Waals surface area contributed by atoms with Crippen LogP contribution in [0.3, 0.4) is 0 Å². The molecule has 0 aromatic rings. The zero-order chi connectivity index (χ0) is 19.2. The first-order valence-electron chi connectivity index (χ1n) is 10.3. The van der Waals surface area contributed by atoms with Crippen LogP contribution in [-0.2, 0) is 0 Å². The molecule has 0 saturated carbocycles. The number of allylic oxidation sites excluding steroid dienone is 6. The van der Waals surface area contributed by atoms with Gasteiger partial charge in [0.1, 0.15) is 0 Å². The Bertz CT molecular complexity index is 429. The molecule has 0 radical (unpaired) electrons. The predicted octanol–water partition coefficient (Wildman–Crippen LogP) is 8.67. The van der Waals surface area contributed by atoms with Gasteiger partial charge < -0.3 is 0 Å². The molecule has 0 spiro atoms. The summed E-state index contributed by atoms with van der Waals surface area (Å²) >= 11 is 0. The van der Waals surface area contributed by atoms with Crippen molar-refractivity contribution in [3.63, 3.8) is 0 Å². The van der Waals surface area contributed by atoms with Crippen LogP contribution in [0.15, 0.2) is 48.1 Å². The Morgan fingerprint density at radius 2 is 1.60 bits per heavy atom. The van der Waals surface area contributed by atoms with Crippen molar-refractivity contribution < 1.29 is 0 Å². The lowest BCUT2D eigenvalue weighted by atomic mass is 9.85. The lowest BCUT2D eigenvalue weighted by Crippen LogP contribution is -2.06. The average molecular weight is 345 g/mol. The van der Waals surface area contributed by atoms with E-state index >= 15 is 0 Å². The summed E-state index contributed by atoms with van der Waals surface area (Å²) in [6, 6.07) is 0. The van der Waals surface area contributed by atoms with E-state index in [0.717, 1.165) is 18.8 Å². The predicted molar refractivity (Wildman–Crippen MR) is 117 cm³/mol. The van der Waals surface area contributed by atoms with Crippen molar-refractivity contribution in [3.05, 3.63) is 48.1 Å². The van der Waals surface area contributed by atoms with Gasteiger partial charge in [-0.25, -0.2) is 0 Å². The Balaban J connectivity index is 4.62. The first kappa shape index (κ1) is 24.0. The molecular weight excluding hydrogens is 300 g/mol. The van der Waals surface area contributed by atoms with Gasteiger partial charge in [0.15, 0.2) is 0 Å². The van der Waals surface area contributed by atoms with Crippen molar-refractivity contribution in [2.45, 2.75) is 92.9 Å². The van der Waals surface area contributed by atoms with E-state index in [-0.39, 0.29) is 0 Å². The summed E-state index contributed by atoms with van der Waals surface area (Å²) in [5.41, 5.74) is 4.40. The second-order valence-electron chi connectivity index (χ2n) is 8.54. The molecule has 0 heteroatoms. The van der Waals surface area contributed by atoms with Gasteiger partial charge in [-0.2, -0.15) is 0 Å². The van der Waals surface area contributed by atoms with Crippen LogP contribution in [0.2, 0.25) is 0 Å². The molecule has 0 unspecified atom stereocenters. The van der Waals surface area contributed by atoms with Crippen LogP contribution in [0, 0.1) is 17.8 Å². The number of rotatable bonds is 14. The highest BCUT2D eigenvalue weighted by Gasteiger charge is 2.13. The van der Waals surface area contributed by atoms with Crippen LogP contribution >= 0.6 is 0 Å². The third kappa shape index (κ3) is 13.9. The second kappa shape index (κ2) is 14.2. The number of hydrogen-bond donors (Lipinski definition) is 0. The first-order valence-corrected chi connectivity index (χ1v) is 10.3. The summed E-state index contributed by atoms with van der Waals surface area (Å²) in [6.07, 6.45) is 16.6. The van der Waals surface area contributed by atoms with Crippen molar-refractivity contribution in [2.24, 2.45) is 17.8 Å². The lowest BCUT2D eigenvalue weighted by Gasteiger charge is -2.20. The molecule has 144 valence electrons. The highest BCUT2D eigenvalue weighted by Crippen LogP contribution is 2.28. The van der Waals surface area contributed by atoms with E-state index in [9.17, 15) is 0 Å². The Morgan fingerprint density at radius 3 is 2.16 bits per heavy atom. The zero-order valence-corrected chi connectivity index (χ0v) is 18.0. The van der Waals surface area contributed by atoms with E-state index in [1.165, 1.54) is 55.2 Å². The van der Waals surface area contributed by atoms with Gasteiger partial charge in [-0.15, -0.1) is 6.58 Å². The molecule has 0 amide bonds. The SMILES string of the molecule is C=C[C@@H](C)CC[C@H](C/C=C(\C)CCC=C(C)C)C(=C)CCCC(C)C.